The molecule has 0 saturated carbocycles. The molecule has 7 rings (SSSR count). The number of unbranched alkanes of at least 4 members (excludes halogenated alkanes) is 6. The lowest BCUT2D eigenvalue weighted by Crippen LogP contribution is -2.68. The Morgan fingerprint density at radius 1 is 0.518 bits per heavy atom. The Kier molecular flexibility index (Phi) is 23.1. The molecule has 2 fully saturated rings. The molecule has 0 aromatic heterocycles. The molecule has 4 N–H and O–H groups in total. The van der Waals surface area contributed by atoms with Crippen LogP contribution in [0.1, 0.15) is 128 Å². The highest BCUT2D eigenvalue weighted by atomic mass is 16.7. The number of carbonyl (C=O) groups is 8. The van der Waals surface area contributed by atoms with Gasteiger partial charge in [0.15, 0.2) is 61.3 Å². The Balaban J connectivity index is 0.917. The zero-order valence-corrected chi connectivity index (χ0v) is 49.9. The van der Waals surface area contributed by atoms with Crippen LogP contribution in [0.25, 0.3) is 11.1 Å². The number of hydrazine groups is 4. The van der Waals surface area contributed by atoms with Crippen molar-refractivity contribution in [1.82, 2.24) is 31.9 Å². The van der Waals surface area contributed by atoms with E-state index in [-0.39, 0.29) is 18.6 Å². The van der Waals surface area contributed by atoms with Crippen molar-refractivity contribution in [3.63, 3.8) is 0 Å². The number of nitrogens with zero attached hydrogens (tertiary/aromatic N) is 2. The van der Waals surface area contributed by atoms with E-state index in [4.69, 9.17) is 56.8 Å². The molecule has 10 unspecified atom stereocenters. The summed E-state index contributed by atoms with van der Waals surface area (Å²) in [6, 6.07) is 13.6. The fraction of sp³-hybridized carbons (Fsp3) is 0.593. The van der Waals surface area contributed by atoms with E-state index >= 15 is 0 Å². The molecule has 466 valence electrons. The number of hydrogen-bond acceptors (Lipinski definition) is 26. The number of aryl methyl sites for hydroxylation is 2. The number of hydrogen-bond donors (Lipinski definition) is 4. The molecule has 2 saturated heterocycles. The van der Waals surface area contributed by atoms with Crippen molar-refractivity contribution in [1.29, 1.82) is 0 Å². The van der Waals surface area contributed by atoms with Gasteiger partial charge in [0.1, 0.15) is 0 Å². The predicted octanol–water partition coefficient (Wildman–Crippen LogP) is 4.22. The smallest absolute Gasteiger partial charge is 0.339 e. The molecule has 0 spiro atoms. The number of ether oxygens (including phenoxy) is 12. The summed E-state index contributed by atoms with van der Waals surface area (Å²) in [6.45, 7) is 12.2. The predicted molar refractivity (Wildman–Crippen MR) is 297 cm³/mol. The minimum atomic E-state index is -1.56. The minimum Gasteiger partial charge on any atom is -0.467 e. The van der Waals surface area contributed by atoms with Crippen LogP contribution in [0.2, 0.25) is 0 Å². The Labute approximate surface area is 493 Å². The van der Waals surface area contributed by atoms with E-state index in [0.717, 1.165) is 120 Å². The number of rotatable bonds is 28. The molecule has 1 aliphatic carbocycles. The fourth-order valence-corrected chi connectivity index (χ4v) is 11.6. The minimum absolute atomic E-state index is 0.0796. The van der Waals surface area contributed by atoms with E-state index < -0.39 is 109 Å². The third-order valence-electron chi connectivity index (χ3n) is 15.1. The number of fused-ring (bicyclic) bond motifs is 3. The van der Waals surface area contributed by atoms with Crippen molar-refractivity contribution in [3.05, 3.63) is 82.4 Å². The third-order valence-corrected chi connectivity index (χ3v) is 15.1. The Morgan fingerprint density at radius 3 is 1.41 bits per heavy atom. The summed E-state index contributed by atoms with van der Waals surface area (Å²) in [5, 5.41) is 2.86. The maximum atomic E-state index is 13.0. The van der Waals surface area contributed by atoms with Gasteiger partial charge in [-0.3, -0.25) is 38.8 Å². The molecular weight excluding hydrogens is 1110 g/mol. The van der Waals surface area contributed by atoms with Crippen LogP contribution in [0.4, 0.5) is 0 Å². The van der Waals surface area contributed by atoms with E-state index in [2.05, 4.69) is 72.2 Å². The van der Waals surface area contributed by atoms with Crippen molar-refractivity contribution in [2.75, 3.05) is 40.6 Å². The van der Waals surface area contributed by atoms with Gasteiger partial charge in [0, 0.05) is 72.6 Å². The zero-order chi connectivity index (χ0) is 61.5. The first-order chi connectivity index (χ1) is 40.7. The number of esters is 8. The summed E-state index contributed by atoms with van der Waals surface area (Å²) in [5.74, 6) is -6.45. The van der Waals surface area contributed by atoms with Gasteiger partial charge >= 0.3 is 47.8 Å². The van der Waals surface area contributed by atoms with Crippen LogP contribution in [0.5, 0.6) is 0 Å². The van der Waals surface area contributed by atoms with Crippen molar-refractivity contribution in [2.45, 2.75) is 186 Å². The molecule has 26 heteroatoms. The second-order valence-corrected chi connectivity index (χ2v) is 21.6. The molecule has 2 aromatic carbocycles. The normalized spacial score (nSPS) is 24.5. The highest BCUT2D eigenvalue weighted by Gasteiger charge is 2.58. The van der Waals surface area contributed by atoms with E-state index in [1.165, 1.54) is 43.4 Å². The summed E-state index contributed by atoms with van der Waals surface area (Å²) < 4.78 is 67.4. The number of nitrogens with one attached hydrogen (secondary N) is 4. The van der Waals surface area contributed by atoms with Crippen LogP contribution in [0.15, 0.2) is 60.2 Å². The van der Waals surface area contributed by atoms with E-state index in [0.29, 0.717) is 24.6 Å². The van der Waals surface area contributed by atoms with E-state index in [1.807, 2.05) is 0 Å². The third kappa shape index (κ3) is 16.3. The van der Waals surface area contributed by atoms with Gasteiger partial charge in [0.05, 0.1) is 38.8 Å². The second kappa shape index (κ2) is 30.1. The monoisotopic (exact) mass is 1190 g/mol. The quantitative estimate of drug-likeness (QED) is 0.0527. The van der Waals surface area contributed by atoms with Crippen LogP contribution < -0.4 is 21.9 Å². The van der Waals surface area contributed by atoms with Crippen molar-refractivity contribution in [3.8, 4) is 11.1 Å². The zero-order valence-electron chi connectivity index (χ0n) is 49.9. The molecule has 85 heavy (non-hydrogen) atoms. The van der Waals surface area contributed by atoms with Gasteiger partial charge in [0.25, 0.3) is 0 Å². The van der Waals surface area contributed by atoms with Crippen LogP contribution in [0, 0.1) is 13.8 Å². The Morgan fingerprint density at radius 2 is 0.941 bits per heavy atom. The summed E-state index contributed by atoms with van der Waals surface area (Å²) in [6.07, 6.45) is -1.74. The molecule has 5 aliphatic rings. The lowest BCUT2D eigenvalue weighted by molar-refractivity contribution is -0.274. The molecule has 2 aromatic rings. The Hall–Kier alpha value is -7.36. The molecular formula is C59H80N6O20. The number of benzene rings is 2. The average Bonchev–Trinajstić information content (AvgIpc) is 1.64. The van der Waals surface area contributed by atoms with Gasteiger partial charge in [-0.25, -0.2) is 9.59 Å². The van der Waals surface area contributed by atoms with E-state index in [1.54, 1.807) is 12.4 Å². The van der Waals surface area contributed by atoms with Gasteiger partial charge in [-0.15, -0.1) is 11.1 Å². The molecule has 4 aliphatic heterocycles. The molecule has 4 heterocycles. The lowest BCUT2D eigenvalue weighted by Gasteiger charge is -2.46. The van der Waals surface area contributed by atoms with Gasteiger partial charge in [-0.1, -0.05) is 86.1 Å². The maximum absolute atomic E-state index is 13.0. The van der Waals surface area contributed by atoms with Crippen molar-refractivity contribution in [2.24, 2.45) is 0 Å². The van der Waals surface area contributed by atoms with Crippen LogP contribution in [-0.4, -0.2) is 160 Å². The SMILES string of the molecule is COC(=O)C1OC(N2C=C(COCCCCCCC3(CCCCCCOCC4=CNNN4C4OC(C(=O)OC)C(OC(C)=O)C(OC(C)=O)C4OC(C)=O)c4cc(C)ccc4-c4ccc(C)cc43)NN2)C(OC(C)=O)C(OC(C)=O)C1OC(C)=O. The molecule has 0 radical (unpaired) electrons. The van der Waals surface area contributed by atoms with Crippen molar-refractivity contribution >= 4 is 47.8 Å². The fourth-order valence-electron chi connectivity index (χ4n) is 11.6. The number of carbonyl (C=O) groups excluding carboxylic acids is 8. The summed E-state index contributed by atoms with van der Waals surface area (Å²) in [7, 11) is 2.26. The van der Waals surface area contributed by atoms with Crippen LogP contribution in [-0.2, 0) is 101 Å². The number of methoxy groups -OCH3 is 2. The first kappa shape index (κ1) is 65.2. The van der Waals surface area contributed by atoms with Crippen LogP contribution >= 0.6 is 0 Å². The molecule has 0 amide bonds. The molecule has 26 nitrogen and oxygen atoms in total. The molecule has 0 bridgehead atoms. The first-order valence-electron chi connectivity index (χ1n) is 28.5. The van der Waals surface area contributed by atoms with Gasteiger partial charge in [-0.2, -0.15) is 0 Å². The van der Waals surface area contributed by atoms with Gasteiger partial charge in [-0.05, 0) is 61.8 Å². The van der Waals surface area contributed by atoms with Gasteiger partial charge in [0.2, 0.25) is 0 Å². The van der Waals surface area contributed by atoms with Gasteiger partial charge < -0.3 is 67.7 Å². The van der Waals surface area contributed by atoms with E-state index in [9.17, 15) is 38.4 Å². The summed E-state index contributed by atoms with van der Waals surface area (Å²) in [5.41, 5.74) is 20.4. The summed E-state index contributed by atoms with van der Waals surface area (Å²) >= 11 is 0. The van der Waals surface area contributed by atoms with Crippen LogP contribution in [0.3, 0.4) is 0 Å². The lowest BCUT2D eigenvalue weighted by atomic mass is 9.70. The highest BCUT2D eigenvalue weighted by Crippen LogP contribution is 2.54. The largest absolute Gasteiger partial charge is 0.467 e. The first-order valence-corrected chi connectivity index (χ1v) is 28.5. The molecule has 10 atom stereocenters. The second-order valence-electron chi connectivity index (χ2n) is 21.6. The standard InChI is InChI=1S/C59H80N6O20/c1-33-19-21-43-44-22-20-34(2)28-46(44)59(45(43)27-33,23-15-11-13-17-25-76-31-41-30-64(63-61-41)55-51(82-39(7)70)47(78-35(3)66)49(80-37(5)68)53(84-55)57(72)74-9)24-16-12-14-18-26-77-32-42-29-60-62-65(42)56-52(83-40(8)71)48(79-36(4)67)50(81-38(6)69)54(85-56)58(73)75-10/h19-22,27-30,47-56,60-63H,11-18,23-26,31-32H2,1-10H3. The summed E-state index contributed by atoms with van der Waals surface area (Å²) in [4.78, 5) is 99.7. The Bertz CT molecular complexity index is 2760. The average molecular weight is 1190 g/mol. The topological polar surface area (TPSA) is 302 Å². The maximum Gasteiger partial charge on any atom is 0.339 e. The van der Waals surface area contributed by atoms with Crippen molar-refractivity contribution < 1.29 is 95.2 Å². The highest BCUT2D eigenvalue weighted by molar-refractivity contribution is 5.82.